The Labute approximate surface area is 126 Å². The first-order valence-electron chi connectivity index (χ1n) is 7.01. The van der Waals surface area contributed by atoms with E-state index < -0.39 is 10.0 Å². The Kier molecular flexibility index (Phi) is 5.34. The van der Waals surface area contributed by atoms with E-state index in [1.807, 2.05) is 6.07 Å². The number of methoxy groups -OCH3 is 1. The maximum absolute atomic E-state index is 12.5. The molecule has 0 bridgehead atoms. The van der Waals surface area contributed by atoms with E-state index in [9.17, 15) is 8.42 Å². The summed E-state index contributed by atoms with van der Waals surface area (Å²) in [5.41, 5.74) is 0.995. The third-order valence-electron chi connectivity index (χ3n) is 3.84. The molecule has 0 amide bonds. The standard InChI is InChI=1S/C15H20N2O3S/c1-20-11-13-6-8-17(9-7-13)21(18,19)12-15-5-3-2-4-14(15)10-16/h2-5,13H,6-9,11-12H2,1H3. The van der Waals surface area contributed by atoms with Crippen molar-refractivity contribution in [1.82, 2.24) is 4.31 Å². The molecule has 1 aromatic carbocycles. The highest BCUT2D eigenvalue weighted by atomic mass is 32.2. The van der Waals surface area contributed by atoms with Gasteiger partial charge >= 0.3 is 0 Å². The van der Waals surface area contributed by atoms with Crippen molar-refractivity contribution in [2.45, 2.75) is 18.6 Å². The lowest BCUT2D eigenvalue weighted by atomic mass is 9.99. The molecule has 1 fully saturated rings. The average Bonchev–Trinajstić information content (AvgIpc) is 2.48. The van der Waals surface area contributed by atoms with Crippen molar-refractivity contribution >= 4 is 10.0 Å². The number of nitriles is 1. The molecular formula is C15H20N2O3S. The van der Waals surface area contributed by atoms with E-state index in [2.05, 4.69) is 0 Å². The van der Waals surface area contributed by atoms with Gasteiger partial charge in [0.05, 0.1) is 17.4 Å². The molecule has 0 spiro atoms. The molecule has 1 aromatic rings. The first-order chi connectivity index (χ1) is 10.1. The lowest BCUT2D eigenvalue weighted by molar-refractivity contribution is 0.121. The highest BCUT2D eigenvalue weighted by Crippen LogP contribution is 2.22. The van der Waals surface area contributed by atoms with Gasteiger partial charge in [-0.15, -0.1) is 0 Å². The van der Waals surface area contributed by atoms with Crippen LogP contribution in [0, 0.1) is 17.2 Å². The summed E-state index contributed by atoms with van der Waals surface area (Å²) in [5, 5.41) is 9.05. The normalized spacial score (nSPS) is 17.5. The van der Waals surface area contributed by atoms with Gasteiger partial charge in [-0.05, 0) is 30.4 Å². The Bertz CT molecular complexity index is 614. The zero-order valence-electron chi connectivity index (χ0n) is 12.2. The second-order valence-corrected chi connectivity index (χ2v) is 7.29. The van der Waals surface area contributed by atoms with Gasteiger partial charge in [-0.3, -0.25) is 0 Å². The molecule has 1 aliphatic heterocycles. The number of piperidine rings is 1. The van der Waals surface area contributed by atoms with Crippen molar-refractivity contribution in [3.05, 3.63) is 35.4 Å². The molecule has 0 aliphatic carbocycles. The molecule has 0 aromatic heterocycles. The minimum atomic E-state index is -3.37. The second kappa shape index (κ2) is 7.03. The zero-order valence-corrected chi connectivity index (χ0v) is 13.0. The van der Waals surface area contributed by atoms with Gasteiger partial charge in [0.1, 0.15) is 0 Å². The van der Waals surface area contributed by atoms with Crippen LogP contribution in [0.2, 0.25) is 0 Å². The van der Waals surface area contributed by atoms with E-state index in [0.717, 1.165) is 12.8 Å². The van der Waals surface area contributed by atoms with Crippen LogP contribution in [0.25, 0.3) is 0 Å². The highest BCUT2D eigenvalue weighted by molar-refractivity contribution is 7.88. The summed E-state index contributed by atoms with van der Waals surface area (Å²) in [6, 6.07) is 8.90. The maximum Gasteiger partial charge on any atom is 0.218 e. The monoisotopic (exact) mass is 308 g/mol. The summed E-state index contributed by atoms with van der Waals surface area (Å²) >= 11 is 0. The maximum atomic E-state index is 12.5. The Balaban J connectivity index is 2.05. The number of rotatable bonds is 5. The van der Waals surface area contributed by atoms with Gasteiger partial charge in [-0.25, -0.2) is 12.7 Å². The number of sulfonamides is 1. The van der Waals surface area contributed by atoms with Gasteiger partial charge in [0.15, 0.2) is 0 Å². The van der Waals surface area contributed by atoms with Crippen molar-refractivity contribution in [2.24, 2.45) is 5.92 Å². The van der Waals surface area contributed by atoms with Crippen LogP contribution >= 0.6 is 0 Å². The largest absolute Gasteiger partial charge is 0.384 e. The molecule has 6 heteroatoms. The highest BCUT2D eigenvalue weighted by Gasteiger charge is 2.28. The quantitative estimate of drug-likeness (QED) is 0.831. The topological polar surface area (TPSA) is 70.4 Å². The SMILES string of the molecule is COCC1CCN(S(=O)(=O)Cc2ccccc2C#N)CC1. The molecule has 0 atom stereocenters. The number of hydrogen-bond donors (Lipinski definition) is 0. The van der Waals surface area contributed by atoms with Gasteiger partial charge < -0.3 is 4.74 Å². The molecular weight excluding hydrogens is 288 g/mol. The summed E-state index contributed by atoms with van der Waals surface area (Å²) in [6.45, 7) is 1.75. The number of hydrogen-bond acceptors (Lipinski definition) is 4. The van der Waals surface area contributed by atoms with Gasteiger partial charge in [-0.1, -0.05) is 18.2 Å². The van der Waals surface area contributed by atoms with Crippen LogP contribution < -0.4 is 0 Å². The molecule has 1 saturated heterocycles. The van der Waals surface area contributed by atoms with Crippen molar-refractivity contribution < 1.29 is 13.2 Å². The molecule has 0 unspecified atom stereocenters. The van der Waals surface area contributed by atoms with Crippen molar-refractivity contribution in [3.8, 4) is 6.07 Å². The van der Waals surface area contributed by atoms with Crippen LogP contribution in [0.1, 0.15) is 24.0 Å². The first-order valence-corrected chi connectivity index (χ1v) is 8.62. The predicted molar refractivity (Wildman–Crippen MR) is 80.0 cm³/mol. The predicted octanol–water partition coefficient (Wildman–Crippen LogP) is 1.75. The summed E-state index contributed by atoms with van der Waals surface area (Å²) in [4.78, 5) is 0. The van der Waals surface area contributed by atoms with Crippen LogP contribution in [-0.2, 0) is 20.5 Å². The third kappa shape index (κ3) is 4.03. The third-order valence-corrected chi connectivity index (χ3v) is 5.67. The van der Waals surface area contributed by atoms with E-state index >= 15 is 0 Å². The molecule has 1 heterocycles. The molecule has 0 N–H and O–H groups in total. The second-order valence-electron chi connectivity index (χ2n) is 5.32. The Morgan fingerprint density at radius 2 is 2.00 bits per heavy atom. The molecule has 0 radical (unpaired) electrons. The minimum absolute atomic E-state index is 0.105. The molecule has 1 aliphatic rings. The Morgan fingerprint density at radius 1 is 1.33 bits per heavy atom. The van der Waals surface area contributed by atoms with E-state index in [4.69, 9.17) is 10.00 Å². The molecule has 0 saturated carbocycles. The van der Waals surface area contributed by atoms with E-state index in [1.54, 1.807) is 31.4 Å². The lowest BCUT2D eigenvalue weighted by Crippen LogP contribution is -2.40. The lowest BCUT2D eigenvalue weighted by Gasteiger charge is -2.30. The summed E-state index contributed by atoms with van der Waals surface area (Å²) in [6.07, 6.45) is 1.65. The summed E-state index contributed by atoms with van der Waals surface area (Å²) < 4.78 is 31.6. The van der Waals surface area contributed by atoms with Crippen molar-refractivity contribution in [2.75, 3.05) is 26.8 Å². The Hall–Kier alpha value is -1.42. The van der Waals surface area contributed by atoms with Gasteiger partial charge in [0.25, 0.3) is 0 Å². The van der Waals surface area contributed by atoms with Crippen LogP contribution in [0.4, 0.5) is 0 Å². The zero-order chi connectivity index (χ0) is 15.3. The molecule has 2 rings (SSSR count). The number of benzene rings is 1. The smallest absolute Gasteiger partial charge is 0.218 e. The average molecular weight is 308 g/mol. The van der Waals surface area contributed by atoms with E-state index in [0.29, 0.717) is 36.7 Å². The van der Waals surface area contributed by atoms with Crippen LogP contribution in [-0.4, -0.2) is 39.5 Å². The molecule has 5 nitrogen and oxygen atoms in total. The first kappa shape index (κ1) is 16.0. The summed E-state index contributed by atoms with van der Waals surface area (Å²) in [5.74, 6) is 0.332. The van der Waals surface area contributed by atoms with Crippen LogP contribution in [0.3, 0.4) is 0 Å². The van der Waals surface area contributed by atoms with Crippen molar-refractivity contribution in [1.29, 1.82) is 5.26 Å². The molecule has 114 valence electrons. The van der Waals surface area contributed by atoms with E-state index in [-0.39, 0.29) is 5.75 Å². The van der Waals surface area contributed by atoms with E-state index in [1.165, 1.54) is 4.31 Å². The fraction of sp³-hybridized carbons (Fsp3) is 0.533. The van der Waals surface area contributed by atoms with Crippen LogP contribution in [0.5, 0.6) is 0 Å². The fourth-order valence-corrected chi connectivity index (χ4v) is 4.23. The molecule has 21 heavy (non-hydrogen) atoms. The van der Waals surface area contributed by atoms with Gasteiger partial charge in [-0.2, -0.15) is 5.26 Å². The fourth-order valence-electron chi connectivity index (χ4n) is 2.63. The minimum Gasteiger partial charge on any atom is -0.384 e. The van der Waals surface area contributed by atoms with Crippen molar-refractivity contribution in [3.63, 3.8) is 0 Å². The number of nitrogens with zero attached hydrogens (tertiary/aromatic N) is 2. The van der Waals surface area contributed by atoms with Gasteiger partial charge in [0, 0.05) is 26.8 Å². The van der Waals surface area contributed by atoms with Gasteiger partial charge in [0.2, 0.25) is 10.0 Å². The Morgan fingerprint density at radius 3 is 2.62 bits per heavy atom. The summed E-state index contributed by atoms with van der Waals surface area (Å²) in [7, 11) is -1.70. The van der Waals surface area contributed by atoms with Crippen LogP contribution in [0.15, 0.2) is 24.3 Å². The number of ether oxygens (including phenoxy) is 1.